The lowest BCUT2D eigenvalue weighted by Crippen LogP contribution is -2.60. The molecule has 0 aromatic heterocycles. The molecule has 1 fully saturated rings. The first-order valence-corrected chi connectivity index (χ1v) is 44.3. The predicted octanol–water partition coefficient (Wildman–Crippen LogP) is 5.49. The zero-order valence-electron chi connectivity index (χ0n) is 77.6. The van der Waals surface area contributed by atoms with Crippen molar-refractivity contribution in [3.63, 3.8) is 0 Å². The molecule has 0 radical (unpaired) electrons. The Hall–Kier alpha value is -8.82. The van der Waals surface area contributed by atoms with Crippen molar-refractivity contribution in [2.75, 3.05) is 167 Å². The van der Waals surface area contributed by atoms with E-state index in [1.165, 1.54) is 40.2 Å². The average molecular weight is 1790 g/mol. The van der Waals surface area contributed by atoms with Gasteiger partial charge in [0.25, 0.3) is 0 Å². The third-order valence-electron chi connectivity index (χ3n) is 21.6. The van der Waals surface area contributed by atoms with Crippen LogP contribution in [0.3, 0.4) is 0 Å². The quantitative estimate of drug-likeness (QED) is 0.0224. The third-order valence-corrected chi connectivity index (χ3v) is 21.6. The monoisotopic (exact) mass is 1780 g/mol. The van der Waals surface area contributed by atoms with E-state index in [1.807, 2.05) is 32.0 Å². The van der Waals surface area contributed by atoms with Gasteiger partial charge >= 0.3 is 12.1 Å². The molecule has 1 saturated heterocycles. The Morgan fingerprint density at radius 2 is 1.10 bits per heavy atom. The minimum atomic E-state index is -1.15. The number of carbonyl (C=O) groups is 12. The summed E-state index contributed by atoms with van der Waals surface area (Å²) in [5.74, 6) is -7.62. The van der Waals surface area contributed by atoms with Crippen LogP contribution in [-0.2, 0) is 116 Å². The van der Waals surface area contributed by atoms with Gasteiger partial charge in [-0.3, -0.25) is 52.8 Å². The molecule has 2 aromatic carbocycles. The van der Waals surface area contributed by atoms with Crippen molar-refractivity contribution in [3.05, 3.63) is 77.9 Å². The highest BCUT2D eigenvalue weighted by atomic mass is 16.6. The van der Waals surface area contributed by atoms with E-state index in [0.29, 0.717) is 161 Å². The van der Waals surface area contributed by atoms with Crippen molar-refractivity contribution in [2.24, 2.45) is 29.6 Å². The van der Waals surface area contributed by atoms with E-state index in [9.17, 15) is 62.6 Å². The largest absolute Gasteiger partial charge is 0.466 e. The summed E-state index contributed by atoms with van der Waals surface area (Å²) >= 11 is 0. The molecule has 36 nitrogen and oxygen atoms in total. The number of hydrogen-bond donors (Lipinski definition) is 9. The number of aliphatic hydroxyl groups is 1. The molecule has 9 N–H and O–H groups in total. The van der Waals surface area contributed by atoms with Gasteiger partial charge in [-0.25, -0.2) is 9.59 Å². The van der Waals surface area contributed by atoms with E-state index < -0.39 is 144 Å². The van der Waals surface area contributed by atoms with Gasteiger partial charge in [-0.15, -0.1) is 0 Å². The van der Waals surface area contributed by atoms with Crippen LogP contribution in [0.15, 0.2) is 66.7 Å². The summed E-state index contributed by atoms with van der Waals surface area (Å²) in [6.45, 7) is 26.3. The number of hydrogen-bond acceptors (Lipinski definition) is 25. The lowest BCUT2D eigenvalue weighted by atomic mass is 9.89. The second-order valence-electron chi connectivity index (χ2n) is 32.4. The van der Waals surface area contributed by atoms with Gasteiger partial charge in [0.15, 0.2) is 0 Å². The number of ether oxygens (including phenoxy) is 12. The number of methoxy groups -OCH3 is 4. The Bertz CT molecular complexity index is 3550. The van der Waals surface area contributed by atoms with Crippen LogP contribution in [0.25, 0.3) is 0 Å². The molecule has 1 heterocycles. The summed E-state index contributed by atoms with van der Waals surface area (Å²) in [6, 6.07) is 8.18. The van der Waals surface area contributed by atoms with Gasteiger partial charge in [0.2, 0.25) is 59.1 Å². The molecule has 0 bridgehead atoms. The maximum atomic E-state index is 14.9. The average Bonchev–Trinajstić information content (AvgIpc) is 1.53. The lowest BCUT2D eigenvalue weighted by Gasteiger charge is -2.41. The fourth-order valence-electron chi connectivity index (χ4n) is 14.2. The summed E-state index contributed by atoms with van der Waals surface area (Å²) < 4.78 is 65.6. The standard InChI is InChI=1S/C90H149N11O25/c1-18-63(8)81(72(116-15)58-76(105)101-42-27-31-71(101)83(118-17)64(9)84(108)93-65(10)82(107)68-28-21-19-22-29-68)99(12)89(113)79(61(4)5)98-88(112)80(62(6)7)100(13)90(114)126-59-67-33-35-69(36-34-67)95-85(109)66(11)94-87(111)78(60(2)3)97-86(110)70(96-75(104)32-23-20-25-40-91-73(102)37-38-77(106)117-16)30-24-26-41-92-74(103)39-43-119-46-47-121-50-51-123-54-55-125-57-56-124-53-52-122-49-48-120-45-44-115-14/h19,21-22,28-29,33-38,60-66,70-72,78-83,107H,18,20,23-27,30-32,39-59H2,1-17H3,(H,91,102)(H,92,103)(H,93,108)(H,94,111)(H,95,109)(H,96,104)(H,97,110)(H,98,112)/b38-37-/t63-,64+,65+,66-,70-,71-,72+,78-,79-,80-,81-,82+,83+/m0/s1. The van der Waals surface area contributed by atoms with Gasteiger partial charge in [0, 0.05) is 85.7 Å². The molecule has 0 aliphatic carbocycles. The van der Waals surface area contributed by atoms with Crippen LogP contribution in [0.4, 0.5) is 10.5 Å². The van der Waals surface area contributed by atoms with E-state index in [1.54, 1.807) is 116 Å². The van der Waals surface area contributed by atoms with Gasteiger partial charge in [-0.1, -0.05) is 118 Å². The van der Waals surface area contributed by atoms with Crippen molar-refractivity contribution < 1.29 is 119 Å². The lowest BCUT2D eigenvalue weighted by molar-refractivity contribution is -0.148. The number of nitrogens with one attached hydrogen (secondary N) is 8. The number of likely N-dealkylation sites (N-methyl/N-ethyl adjacent to an activating group) is 2. The summed E-state index contributed by atoms with van der Waals surface area (Å²) in [6.07, 6.45) is 3.17. The van der Waals surface area contributed by atoms with Crippen LogP contribution in [-0.4, -0.2) is 313 Å². The van der Waals surface area contributed by atoms with Crippen molar-refractivity contribution >= 4 is 76.8 Å². The molecule has 2 aromatic rings. The molecule has 0 saturated carbocycles. The third kappa shape index (κ3) is 42.9. The number of benzene rings is 2. The summed E-state index contributed by atoms with van der Waals surface area (Å²) in [4.78, 5) is 167. The van der Waals surface area contributed by atoms with Crippen LogP contribution in [0.5, 0.6) is 0 Å². The fourth-order valence-corrected chi connectivity index (χ4v) is 14.2. The Morgan fingerprint density at radius 1 is 0.540 bits per heavy atom. The highest BCUT2D eigenvalue weighted by Crippen LogP contribution is 2.31. The summed E-state index contributed by atoms with van der Waals surface area (Å²) in [7, 11) is 8.89. The summed E-state index contributed by atoms with van der Waals surface area (Å²) in [5.41, 5.74) is 1.52. The molecule has 3 rings (SSSR count). The van der Waals surface area contributed by atoms with E-state index in [2.05, 4.69) is 47.3 Å². The second kappa shape index (κ2) is 64.0. The normalized spacial score (nSPS) is 15.6. The van der Waals surface area contributed by atoms with Gasteiger partial charge in [0.05, 0.1) is 155 Å². The number of likely N-dealkylation sites (tertiary alicyclic amines) is 1. The Labute approximate surface area is 745 Å². The maximum Gasteiger partial charge on any atom is 0.410 e. The molecule has 126 heavy (non-hydrogen) atoms. The van der Waals surface area contributed by atoms with Crippen LogP contribution in [0.2, 0.25) is 0 Å². The van der Waals surface area contributed by atoms with Crippen molar-refractivity contribution in [3.8, 4) is 0 Å². The molecular formula is C90H149N11O25. The molecule has 11 amide bonds. The molecule has 1 aliphatic heterocycles. The fraction of sp³-hybridized carbons (Fsp3) is 0.711. The van der Waals surface area contributed by atoms with E-state index in [4.69, 9.17) is 52.1 Å². The molecule has 13 atom stereocenters. The van der Waals surface area contributed by atoms with E-state index in [-0.39, 0.29) is 82.2 Å². The van der Waals surface area contributed by atoms with Crippen LogP contribution in [0.1, 0.15) is 170 Å². The van der Waals surface area contributed by atoms with E-state index >= 15 is 0 Å². The first-order chi connectivity index (χ1) is 60.3. The second-order valence-corrected chi connectivity index (χ2v) is 32.4. The van der Waals surface area contributed by atoms with Crippen LogP contribution < -0.4 is 42.5 Å². The number of amides is 11. The minimum absolute atomic E-state index is 0.0439. The topological polar surface area (TPSA) is 442 Å². The predicted molar refractivity (Wildman–Crippen MR) is 472 cm³/mol. The van der Waals surface area contributed by atoms with Crippen LogP contribution >= 0.6 is 0 Å². The Morgan fingerprint density at radius 3 is 1.63 bits per heavy atom. The molecule has 1 aliphatic rings. The first-order valence-electron chi connectivity index (χ1n) is 44.3. The SMILES string of the molecule is CC[C@H](C)[C@@H]([C@@H](CC(=O)N1CCC[C@H]1[C@H](OC)[C@@H](C)C(=O)N[C@H](C)[C@@H](O)c1ccccc1)OC)N(C)C(=O)[C@@H](NC(=O)[C@H](C(C)C)N(C)C(=O)OCc1ccc(NC(=O)[C@H](C)NC(=O)[C@@H](NC(=O)[C@H](CCCCNC(=O)CCOCCOCCOCCOCCOCCOCCOCCOC)NC(=O)CCCCCNC(=O)/C=C\C(=O)OC)C(C)C)cc1)C(C)C. The molecule has 36 heteroatoms. The number of esters is 1. The Kier molecular flexibility index (Phi) is 56.6. The first kappa shape index (κ1) is 111. The number of anilines is 1. The zero-order chi connectivity index (χ0) is 93.5. The molecule has 0 unspecified atom stereocenters. The van der Waals surface area contributed by atoms with Gasteiger partial charge in [-0.05, 0) is 106 Å². The van der Waals surface area contributed by atoms with Crippen molar-refractivity contribution in [1.82, 2.24) is 51.9 Å². The van der Waals surface area contributed by atoms with E-state index in [0.717, 1.165) is 12.2 Å². The van der Waals surface area contributed by atoms with Crippen LogP contribution in [0, 0.1) is 29.6 Å². The van der Waals surface area contributed by atoms with Crippen molar-refractivity contribution in [1.29, 1.82) is 0 Å². The number of rotatable bonds is 67. The molecular weight excluding hydrogens is 1640 g/mol. The summed E-state index contributed by atoms with van der Waals surface area (Å²) in [5, 5.41) is 33.4. The molecule has 0 spiro atoms. The van der Waals surface area contributed by atoms with Crippen molar-refractivity contribution in [2.45, 2.75) is 226 Å². The number of aliphatic hydroxyl groups excluding tert-OH is 1. The van der Waals surface area contributed by atoms with Gasteiger partial charge in [-0.2, -0.15) is 0 Å². The highest BCUT2D eigenvalue weighted by molar-refractivity contribution is 5.99. The maximum absolute atomic E-state index is 14.9. The van der Waals surface area contributed by atoms with Gasteiger partial charge in [0.1, 0.15) is 36.8 Å². The zero-order valence-corrected chi connectivity index (χ0v) is 77.6. The smallest absolute Gasteiger partial charge is 0.410 e. The Balaban J connectivity index is 1.55. The minimum Gasteiger partial charge on any atom is -0.466 e. The molecule has 714 valence electrons. The van der Waals surface area contributed by atoms with Gasteiger partial charge < -0.3 is 114 Å². The number of unbranched alkanes of at least 4 members (excludes halogenated alkanes) is 3. The number of nitrogens with zero attached hydrogens (tertiary/aromatic N) is 3. The highest BCUT2D eigenvalue weighted by Gasteiger charge is 2.44. The number of carbonyl (C=O) groups excluding carboxylic acids is 12.